The van der Waals surface area contributed by atoms with Crippen LogP contribution >= 0.6 is 51.8 Å². The molecule has 29 heavy (non-hydrogen) atoms. The Morgan fingerprint density at radius 1 is 0.759 bits per heavy atom. The van der Waals surface area contributed by atoms with Gasteiger partial charge in [-0.25, -0.2) is 0 Å². The molecule has 0 spiro atoms. The molecule has 5 heteroatoms. The van der Waals surface area contributed by atoms with Crippen LogP contribution in [0.4, 0.5) is 0 Å². The number of rotatable bonds is 5. The van der Waals surface area contributed by atoms with Crippen LogP contribution in [0, 0.1) is 0 Å². The average Bonchev–Trinajstić information content (AvgIpc) is 3.43. The van der Waals surface area contributed by atoms with E-state index in [0.717, 1.165) is 8.96 Å². The van der Waals surface area contributed by atoms with Gasteiger partial charge in [0.1, 0.15) is 4.75 Å². The van der Waals surface area contributed by atoms with Gasteiger partial charge in [-0.2, -0.15) is 0 Å². The zero-order valence-corrected chi connectivity index (χ0v) is 20.2. The highest BCUT2D eigenvalue weighted by molar-refractivity contribution is 9.12. The first-order valence-electron chi connectivity index (χ1n) is 9.25. The summed E-state index contributed by atoms with van der Waals surface area (Å²) in [4.78, 5) is -0.425. The van der Waals surface area contributed by atoms with Gasteiger partial charge < -0.3 is 4.52 Å². The second-order valence-electron chi connectivity index (χ2n) is 6.93. The predicted molar refractivity (Wildman–Crippen MR) is 132 cm³/mol. The van der Waals surface area contributed by atoms with Gasteiger partial charge in [0, 0.05) is 19.6 Å². The molecule has 1 aliphatic carbocycles. The smallest absolute Gasteiger partial charge is 0.162 e. The van der Waals surface area contributed by atoms with Crippen molar-refractivity contribution in [2.45, 2.75) is 9.68 Å². The Morgan fingerprint density at radius 3 is 1.93 bits per heavy atom. The van der Waals surface area contributed by atoms with Gasteiger partial charge in [0.2, 0.25) is 0 Å². The average molecular weight is 544 g/mol. The molecule has 1 aliphatic heterocycles. The van der Waals surface area contributed by atoms with E-state index >= 15 is 0 Å². The Morgan fingerprint density at radius 2 is 1.34 bits per heavy atom. The number of hydrogen-bond donors (Lipinski definition) is 0. The van der Waals surface area contributed by atoms with Crippen molar-refractivity contribution in [1.82, 2.24) is 0 Å². The van der Waals surface area contributed by atoms with Gasteiger partial charge in [0.25, 0.3) is 0 Å². The highest BCUT2D eigenvalue weighted by Gasteiger charge is 2.71. The number of benzene rings is 3. The van der Waals surface area contributed by atoms with Gasteiger partial charge in [-0.3, -0.25) is 0 Å². The maximum atomic E-state index is 7.04. The lowest BCUT2D eigenvalue weighted by atomic mass is 9.90. The molecule has 2 unspecified atom stereocenters. The maximum absolute atomic E-state index is 7.04. The molecule has 3 aromatic rings. The molecule has 0 aromatic heterocycles. The Balaban J connectivity index is 1.57. The highest BCUT2D eigenvalue weighted by Crippen LogP contribution is 2.76. The van der Waals surface area contributed by atoms with Crippen LogP contribution in [0.1, 0.15) is 5.56 Å². The van der Waals surface area contributed by atoms with Crippen molar-refractivity contribution >= 4 is 62.4 Å². The second kappa shape index (κ2) is 7.83. The van der Waals surface area contributed by atoms with E-state index in [9.17, 15) is 0 Å². The quantitative estimate of drug-likeness (QED) is 0.253. The zero-order valence-electron chi connectivity index (χ0n) is 15.3. The van der Waals surface area contributed by atoms with Gasteiger partial charge in [-0.1, -0.05) is 117 Å². The molecule has 0 bridgehead atoms. The summed E-state index contributed by atoms with van der Waals surface area (Å²) >= 11 is 9.09. The predicted octanol–water partition coefficient (Wildman–Crippen LogP) is 7.00. The Kier molecular flexibility index (Phi) is 5.34. The fourth-order valence-electron chi connectivity index (χ4n) is 3.61. The molecule has 144 valence electrons. The third-order valence-electron chi connectivity index (χ3n) is 5.08. The molecule has 3 aromatic carbocycles. The van der Waals surface area contributed by atoms with Crippen LogP contribution in [0.5, 0.6) is 0 Å². The van der Waals surface area contributed by atoms with E-state index in [4.69, 9.17) is 4.52 Å². The summed E-state index contributed by atoms with van der Waals surface area (Å²) in [6.07, 6.45) is 6.63. The molecule has 1 saturated heterocycles. The van der Waals surface area contributed by atoms with E-state index in [-0.39, 0.29) is 4.75 Å². The lowest BCUT2D eigenvalue weighted by Gasteiger charge is -2.27. The minimum absolute atomic E-state index is 0.199. The van der Waals surface area contributed by atoms with E-state index in [0.29, 0.717) is 0 Å². The molecule has 1 heterocycles. The molecule has 0 radical (unpaired) electrons. The molecule has 0 N–H and O–H groups in total. The molecule has 2 aliphatic rings. The number of halogens is 2. The van der Waals surface area contributed by atoms with E-state index in [2.05, 4.69) is 135 Å². The van der Waals surface area contributed by atoms with Crippen LogP contribution in [0.25, 0.3) is 0 Å². The van der Waals surface area contributed by atoms with Crippen molar-refractivity contribution in [3.8, 4) is 0 Å². The van der Waals surface area contributed by atoms with Gasteiger partial charge in [-0.05, 0) is 23.8 Å². The molecule has 1 fully saturated rings. The topological polar surface area (TPSA) is 9.23 Å². The lowest BCUT2D eigenvalue weighted by Crippen LogP contribution is -2.28. The van der Waals surface area contributed by atoms with Gasteiger partial charge >= 0.3 is 0 Å². The number of hydrogen-bond acceptors (Lipinski definition) is 2. The standard InChI is InChI=1S/C24H17Br2OPS/c25-19-13-11-18(12-14-19)23-16-15-20(26)17-24(23,29-23)27-28(21-7-3-1-4-8-21)22-9-5-2-6-10-22/h1-17H. The van der Waals surface area contributed by atoms with Crippen LogP contribution in [-0.4, -0.2) is 4.93 Å². The summed E-state index contributed by atoms with van der Waals surface area (Å²) in [6.45, 7) is 0. The van der Waals surface area contributed by atoms with E-state index in [1.165, 1.54) is 16.2 Å². The number of thioether (sulfide) groups is 1. The summed E-state index contributed by atoms with van der Waals surface area (Å²) in [5.74, 6) is 0. The SMILES string of the molecule is BrC1=CC2(OP(c3ccccc3)c3ccccc3)SC2(c2ccc(Br)cc2)C=C1. The summed E-state index contributed by atoms with van der Waals surface area (Å²) in [6, 6.07) is 29.7. The van der Waals surface area contributed by atoms with E-state index in [1.54, 1.807) is 0 Å². The molecular weight excluding hydrogens is 527 g/mol. The summed E-state index contributed by atoms with van der Waals surface area (Å²) < 4.78 is 8.99. The van der Waals surface area contributed by atoms with Crippen molar-refractivity contribution in [1.29, 1.82) is 0 Å². The number of fused-ring (bicyclic) bond motifs is 1. The normalized spacial score (nSPS) is 24.9. The Hall–Kier alpha value is -1.16. The second-order valence-corrected chi connectivity index (χ2v) is 12.0. The summed E-state index contributed by atoms with van der Waals surface area (Å²) in [7, 11) is -0.958. The van der Waals surface area contributed by atoms with Crippen molar-refractivity contribution in [2.75, 3.05) is 0 Å². The van der Waals surface area contributed by atoms with Gasteiger partial charge in [-0.15, -0.1) is 11.8 Å². The van der Waals surface area contributed by atoms with Crippen molar-refractivity contribution in [3.05, 3.63) is 118 Å². The molecule has 5 rings (SSSR count). The minimum Gasteiger partial charge on any atom is -0.326 e. The summed E-state index contributed by atoms with van der Waals surface area (Å²) in [5, 5.41) is 2.44. The molecule has 2 atom stereocenters. The lowest BCUT2D eigenvalue weighted by molar-refractivity contribution is 0.258. The zero-order chi connectivity index (χ0) is 19.9. The monoisotopic (exact) mass is 542 g/mol. The van der Waals surface area contributed by atoms with Crippen LogP contribution < -0.4 is 10.6 Å². The largest absolute Gasteiger partial charge is 0.326 e. The summed E-state index contributed by atoms with van der Waals surface area (Å²) in [5.41, 5.74) is 1.26. The van der Waals surface area contributed by atoms with Crippen molar-refractivity contribution in [3.63, 3.8) is 0 Å². The maximum Gasteiger partial charge on any atom is 0.162 e. The third-order valence-corrected chi connectivity index (χ3v) is 9.84. The van der Waals surface area contributed by atoms with Gasteiger partial charge in [0.15, 0.2) is 4.93 Å². The molecule has 1 nitrogen and oxygen atoms in total. The molecular formula is C24H17Br2OPS. The van der Waals surface area contributed by atoms with Gasteiger partial charge in [0.05, 0.1) is 8.15 Å². The van der Waals surface area contributed by atoms with Crippen molar-refractivity contribution < 1.29 is 4.52 Å². The minimum atomic E-state index is -0.958. The fraction of sp³-hybridized carbons (Fsp3) is 0.0833. The number of allylic oxidation sites excluding steroid dienone is 2. The first-order chi connectivity index (χ1) is 14.1. The Bertz CT molecular complexity index is 1050. The Labute approximate surface area is 193 Å². The first-order valence-corrected chi connectivity index (χ1v) is 12.9. The third kappa shape index (κ3) is 3.60. The van der Waals surface area contributed by atoms with Crippen LogP contribution in [0.3, 0.4) is 0 Å². The van der Waals surface area contributed by atoms with E-state index < -0.39 is 13.1 Å². The van der Waals surface area contributed by atoms with Crippen LogP contribution in [-0.2, 0) is 9.27 Å². The van der Waals surface area contributed by atoms with Crippen LogP contribution in [0.15, 0.2) is 112 Å². The van der Waals surface area contributed by atoms with Crippen LogP contribution in [0.2, 0.25) is 0 Å². The first kappa shape index (κ1) is 19.8. The molecule has 0 saturated carbocycles. The highest BCUT2D eigenvalue weighted by atomic mass is 79.9. The van der Waals surface area contributed by atoms with E-state index in [1.807, 2.05) is 11.8 Å². The van der Waals surface area contributed by atoms with Crippen molar-refractivity contribution in [2.24, 2.45) is 0 Å². The molecule has 0 amide bonds. The fourth-order valence-corrected chi connectivity index (χ4v) is 8.07.